The molecule has 0 aliphatic carbocycles. The summed E-state index contributed by atoms with van der Waals surface area (Å²) in [6.45, 7) is 0. The van der Waals surface area contributed by atoms with Crippen LogP contribution in [-0.4, -0.2) is 45.7 Å². The summed E-state index contributed by atoms with van der Waals surface area (Å²) >= 11 is 1.53. The second kappa shape index (κ2) is 9.78. The smallest absolute Gasteiger partial charge is 0.255 e. The standard InChI is InChI=1S/C32H24FN5O3S/c1-34-32(40)29-21-14-20(25(37(2)42-3)16-27(21)41-31(29)18-4-7-19(33)8-5-18)22-9-6-17-12-13-38-24-10-11-28(39)35-23(24)15-26(38)30(17)36-22/h4-16H,1-3H3,(H,34,40)(H,35,39). The van der Waals surface area contributed by atoms with Crippen LogP contribution in [-0.2, 0) is 0 Å². The van der Waals surface area contributed by atoms with E-state index in [2.05, 4.69) is 10.3 Å². The van der Waals surface area contributed by atoms with Crippen LogP contribution in [0.15, 0.2) is 83.4 Å². The highest BCUT2D eigenvalue weighted by Gasteiger charge is 2.25. The Morgan fingerprint density at radius 1 is 1.02 bits per heavy atom. The highest BCUT2D eigenvalue weighted by atomic mass is 32.2. The third-order valence-corrected chi connectivity index (χ3v) is 8.25. The van der Waals surface area contributed by atoms with Crippen LogP contribution in [0, 0.1) is 5.82 Å². The molecule has 0 fully saturated rings. The summed E-state index contributed by atoms with van der Waals surface area (Å²) in [6, 6.07) is 21.0. The first kappa shape index (κ1) is 25.8. The van der Waals surface area contributed by atoms with Crippen molar-refractivity contribution in [1.82, 2.24) is 19.7 Å². The maximum atomic E-state index is 13.7. The molecule has 0 bridgehead atoms. The molecule has 0 radical (unpaired) electrons. The minimum absolute atomic E-state index is 0.0403. The fourth-order valence-electron chi connectivity index (χ4n) is 5.40. The van der Waals surface area contributed by atoms with Crippen LogP contribution in [0.3, 0.4) is 0 Å². The Kier molecular flexibility index (Phi) is 6.02. The molecule has 7 aromatic rings. The second-order valence-electron chi connectivity index (χ2n) is 9.86. The number of nitrogens with zero attached hydrogens (tertiary/aromatic N) is 4. The van der Waals surface area contributed by atoms with Crippen molar-refractivity contribution in [3.63, 3.8) is 0 Å². The molecule has 0 unspecified atom stereocenters. The Bertz CT molecular complexity index is 2190. The highest BCUT2D eigenvalue weighted by molar-refractivity contribution is 7.99. The lowest BCUT2D eigenvalue weighted by molar-refractivity contribution is 0.0964. The van der Waals surface area contributed by atoms with E-state index in [4.69, 9.17) is 9.40 Å². The number of carbonyl (C=O) groups is 1. The summed E-state index contributed by atoms with van der Waals surface area (Å²) in [5.41, 5.74) is 7.03. The first-order chi connectivity index (χ1) is 20.4. The van der Waals surface area contributed by atoms with E-state index in [0.29, 0.717) is 39.1 Å². The zero-order valence-corrected chi connectivity index (χ0v) is 23.7. The van der Waals surface area contributed by atoms with Gasteiger partial charge in [-0.05, 0) is 54.6 Å². The summed E-state index contributed by atoms with van der Waals surface area (Å²) in [5, 5.41) is 14.2. The quantitative estimate of drug-likeness (QED) is 0.212. The average molecular weight is 578 g/mol. The molecule has 1 amide bonds. The number of amides is 1. The maximum Gasteiger partial charge on any atom is 0.255 e. The predicted molar refractivity (Wildman–Crippen MR) is 166 cm³/mol. The van der Waals surface area contributed by atoms with Gasteiger partial charge in [0.2, 0.25) is 5.88 Å². The van der Waals surface area contributed by atoms with E-state index in [-0.39, 0.29) is 17.6 Å². The maximum absolute atomic E-state index is 13.7. The molecule has 0 saturated carbocycles. The fraction of sp³-hybridized carbons (Fsp3) is 0.0938. The Labute approximate surface area is 243 Å². The number of rotatable bonds is 5. The van der Waals surface area contributed by atoms with Crippen molar-refractivity contribution in [1.29, 1.82) is 0 Å². The molecule has 2 aromatic carbocycles. The summed E-state index contributed by atoms with van der Waals surface area (Å²) < 4.78 is 24.0. The van der Waals surface area contributed by atoms with Gasteiger partial charge < -0.3 is 23.5 Å². The first-order valence-corrected chi connectivity index (χ1v) is 14.3. The van der Waals surface area contributed by atoms with Crippen molar-refractivity contribution in [2.75, 3.05) is 24.7 Å². The van der Waals surface area contributed by atoms with Crippen LogP contribution in [0.25, 0.3) is 61.0 Å². The molecule has 0 atom stereocenters. The van der Waals surface area contributed by atoms with Gasteiger partial charge in [-0.3, -0.25) is 4.79 Å². The van der Waals surface area contributed by atoms with Crippen molar-refractivity contribution < 1.29 is 18.7 Å². The number of benzene rings is 2. The van der Waals surface area contributed by atoms with Crippen LogP contribution < -0.4 is 9.62 Å². The number of hydrogen-bond acceptors (Lipinski definition) is 7. The van der Waals surface area contributed by atoms with E-state index < -0.39 is 0 Å². The lowest BCUT2D eigenvalue weighted by Crippen LogP contribution is -2.18. The Hall–Kier alpha value is -5.09. The number of furan rings is 1. The number of nitrogens with one attached hydrogen (secondary N) is 1. The van der Waals surface area contributed by atoms with E-state index in [9.17, 15) is 14.3 Å². The van der Waals surface area contributed by atoms with Crippen molar-refractivity contribution in [3.05, 3.63) is 90.4 Å². The number of halogens is 1. The summed E-state index contributed by atoms with van der Waals surface area (Å²) in [4.78, 5) is 22.6. The molecule has 5 aromatic heterocycles. The average Bonchev–Trinajstić information content (AvgIpc) is 3.57. The van der Waals surface area contributed by atoms with Gasteiger partial charge in [0.05, 0.1) is 39.0 Å². The van der Waals surface area contributed by atoms with Gasteiger partial charge in [-0.25, -0.2) is 14.4 Å². The monoisotopic (exact) mass is 577 g/mol. The van der Waals surface area contributed by atoms with Gasteiger partial charge in [0.25, 0.3) is 5.91 Å². The molecule has 0 spiro atoms. The van der Waals surface area contributed by atoms with E-state index in [1.165, 1.54) is 24.1 Å². The van der Waals surface area contributed by atoms with E-state index in [1.807, 2.05) is 70.7 Å². The lowest BCUT2D eigenvalue weighted by Gasteiger charge is -2.19. The molecule has 10 heteroatoms. The summed E-state index contributed by atoms with van der Waals surface area (Å²) in [6.07, 6.45) is 3.94. The van der Waals surface area contributed by atoms with Crippen LogP contribution in [0.4, 0.5) is 10.1 Å². The van der Waals surface area contributed by atoms with E-state index in [0.717, 1.165) is 33.2 Å². The number of carbonyl (C=O) groups excluding carboxylic acids is 1. The predicted octanol–water partition coefficient (Wildman–Crippen LogP) is 7.03. The molecule has 0 aliphatic heterocycles. The highest BCUT2D eigenvalue weighted by Crippen LogP contribution is 2.42. The van der Waals surface area contributed by atoms with Crippen molar-refractivity contribution in [2.45, 2.75) is 0 Å². The van der Waals surface area contributed by atoms with Crippen LogP contribution in [0.1, 0.15) is 10.4 Å². The molecule has 0 saturated heterocycles. The molecule has 7 rings (SSSR count). The normalized spacial score (nSPS) is 11.6. The third kappa shape index (κ3) is 4.02. The number of pyridine rings is 3. The zero-order chi connectivity index (χ0) is 29.1. The Morgan fingerprint density at radius 3 is 2.60 bits per heavy atom. The molecule has 42 heavy (non-hydrogen) atoms. The number of hydrogen-bond donors (Lipinski definition) is 2. The summed E-state index contributed by atoms with van der Waals surface area (Å²) in [5.74, 6) is -0.360. The van der Waals surface area contributed by atoms with Gasteiger partial charge in [0, 0.05) is 60.6 Å². The van der Waals surface area contributed by atoms with Gasteiger partial charge in [-0.2, -0.15) is 0 Å². The number of fused-ring (bicyclic) bond motifs is 6. The minimum Gasteiger partial charge on any atom is -0.493 e. The fourth-order valence-corrected chi connectivity index (χ4v) is 5.75. The van der Waals surface area contributed by atoms with Crippen molar-refractivity contribution in [3.8, 4) is 28.5 Å². The SMILES string of the molecule is CNC(=O)c1c(-c2ccc(F)cc2)oc2cc(N(C)SC)c(-c3ccc4ccn5c6ccc(O)nc6cc5c4n3)cc12. The molecular formula is C32H24FN5O3S. The van der Waals surface area contributed by atoms with Crippen LogP contribution in [0.2, 0.25) is 0 Å². The van der Waals surface area contributed by atoms with Crippen LogP contribution >= 0.6 is 11.9 Å². The number of aromatic nitrogens is 3. The van der Waals surface area contributed by atoms with E-state index >= 15 is 0 Å². The molecular weight excluding hydrogens is 553 g/mol. The lowest BCUT2D eigenvalue weighted by atomic mass is 10.0. The van der Waals surface area contributed by atoms with Gasteiger partial charge >= 0.3 is 0 Å². The Morgan fingerprint density at radius 2 is 1.83 bits per heavy atom. The molecule has 8 nitrogen and oxygen atoms in total. The van der Waals surface area contributed by atoms with Gasteiger partial charge in [-0.15, -0.1) is 0 Å². The molecule has 208 valence electrons. The van der Waals surface area contributed by atoms with Gasteiger partial charge in [-0.1, -0.05) is 18.0 Å². The summed E-state index contributed by atoms with van der Waals surface area (Å²) in [7, 11) is 3.52. The molecule has 0 aliphatic rings. The molecule has 5 heterocycles. The number of anilines is 1. The largest absolute Gasteiger partial charge is 0.493 e. The molecule has 2 N–H and O–H groups in total. The van der Waals surface area contributed by atoms with Gasteiger partial charge in [0.15, 0.2) is 0 Å². The van der Waals surface area contributed by atoms with Crippen molar-refractivity contribution >= 4 is 62.0 Å². The topological polar surface area (TPSA) is 95.9 Å². The minimum atomic E-state index is -0.373. The van der Waals surface area contributed by atoms with Crippen molar-refractivity contribution in [2.24, 2.45) is 0 Å². The zero-order valence-electron chi connectivity index (χ0n) is 22.8. The third-order valence-electron chi connectivity index (χ3n) is 7.51. The van der Waals surface area contributed by atoms with E-state index in [1.54, 1.807) is 25.2 Å². The first-order valence-electron chi connectivity index (χ1n) is 13.1. The van der Waals surface area contributed by atoms with Crippen LogP contribution in [0.5, 0.6) is 5.88 Å². The van der Waals surface area contributed by atoms with Gasteiger partial charge in [0.1, 0.15) is 17.2 Å². The Balaban J connectivity index is 1.50. The number of aromatic hydroxyl groups is 1. The second-order valence-corrected chi connectivity index (χ2v) is 10.8.